The Morgan fingerprint density at radius 2 is 1.88 bits per heavy atom. The lowest BCUT2D eigenvalue weighted by molar-refractivity contribution is 0.221. The summed E-state index contributed by atoms with van der Waals surface area (Å²) >= 11 is 0. The van der Waals surface area contributed by atoms with Crippen molar-refractivity contribution in [3.63, 3.8) is 0 Å². The van der Waals surface area contributed by atoms with Gasteiger partial charge in [-0.3, -0.25) is 9.89 Å². The standard InChI is InChI=1S/C20H30N4.HI/c1-15(2)14-24-11-9-17(10-12-24)22-20(21-3)23-19-13-18(19)16-7-5-4-6-8-16;/h4-8,17-19H,1,9-14H2,2-3H3,(H2,21,22,23);1H. The van der Waals surface area contributed by atoms with Crippen LogP contribution in [-0.4, -0.2) is 49.6 Å². The normalized spacial score (nSPS) is 24.3. The van der Waals surface area contributed by atoms with Crippen molar-refractivity contribution in [2.24, 2.45) is 4.99 Å². The fourth-order valence-electron chi connectivity index (χ4n) is 3.58. The molecule has 3 rings (SSSR count). The van der Waals surface area contributed by atoms with E-state index in [0.29, 0.717) is 18.0 Å². The zero-order chi connectivity index (χ0) is 16.9. The molecular weight excluding hydrogens is 423 g/mol. The van der Waals surface area contributed by atoms with Crippen LogP contribution in [0.2, 0.25) is 0 Å². The van der Waals surface area contributed by atoms with Crippen LogP contribution in [0.4, 0.5) is 0 Å². The molecule has 2 fully saturated rings. The Balaban J connectivity index is 0.00000225. The van der Waals surface area contributed by atoms with Gasteiger partial charge in [-0.2, -0.15) is 0 Å². The van der Waals surface area contributed by atoms with Crippen LogP contribution >= 0.6 is 24.0 Å². The second-order valence-corrected chi connectivity index (χ2v) is 7.23. The van der Waals surface area contributed by atoms with Crippen LogP contribution in [0.15, 0.2) is 47.5 Å². The molecule has 1 aliphatic carbocycles. The number of halogens is 1. The smallest absolute Gasteiger partial charge is 0.191 e. The molecule has 25 heavy (non-hydrogen) atoms. The van der Waals surface area contributed by atoms with Crippen molar-refractivity contribution in [2.45, 2.75) is 44.2 Å². The minimum absolute atomic E-state index is 0. The molecule has 1 saturated carbocycles. The number of aliphatic imine (C=N–C) groups is 1. The molecule has 0 bridgehead atoms. The summed E-state index contributed by atoms with van der Waals surface area (Å²) in [5, 5.41) is 7.20. The minimum atomic E-state index is 0. The van der Waals surface area contributed by atoms with Crippen molar-refractivity contribution < 1.29 is 0 Å². The van der Waals surface area contributed by atoms with E-state index in [4.69, 9.17) is 0 Å². The summed E-state index contributed by atoms with van der Waals surface area (Å²) in [6.45, 7) is 9.42. The Morgan fingerprint density at radius 3 is 2.48 bits per heavy atom. The van der Waals surface area contributed by atoms with Gasteiger partial charge in [0.15, 0.2) is 5.96 Å². The third-order valence-corrected chi connectivity index (χ3v) is 4.99. The lowest BCUT2D eigenvalue weighted by atomic mass is 10.0. The summed E-state index contributed by atoms with van der Waals surface area (Å²) in [7, 11) is 1.87. The van der Waals surface area contributed by atoms with Crippen molar-refractivity contribution in [3.05, 3.63) is 48.0 Å². The van der Waals surface area contributed by atoms with Gasteiger partial charge in [0.05, 0.1) is 0 Å². The molecule has 1 heterocycles. The third kappa shape index (κ3) is 5.99. The Hall–Kier alpha value is -1.08. The molecule has 1 aromatic rings. The van der Waals surface area contributed by atoms with E-state index in [2.05, 4.69) is 64.4 Å². The molecule has 0 spiro atoms. The molecule has 0 aromatic heterocycles. The average molecular weight is 454 g/mol. The predicted octanol–water partition coefficient (Wildman–Crippen LogP) is 3.37. The van der Waals surface area contributed by atoms with Crippen molar-refractivity contribution in [2.75, 3.05) is 26.7 Å². The van der Waals surface area contributed by atoms with Crippen LogP contribution in [-0.2, 0) is 0 Å². The second kappa shape index (κ2) is 9.57. The molecule has 4 nitrogen and oxygen atoms in total. The van der Waals surface area contributed by atoms with E-state index >= 15 is 0 Å². The summed E-state index contributed by atoms with van der Waals surface area (Å²) in [5.74, 6) is 1.58. The molecule has 2 N–H and O–H groups in total. The van der Waals surface area contributed by atoms with Gasteiger partial charge in [-0.05, 0) is 31.7 Å². The van der Waals surface area contributed by atoms with E-state index in [9.17, 15) is 0 Å². The lowest BCUT2D eigenvalue weighted by Crippen LogP contribution is -2.49. The fourth-order valence-corrected chi connectivity index (χ4v) is 3.58. The molecule has 1 aliphatic heterocycles. The van der Waals surface area contributed by atoms with Gasteiger partial charge in [0.25, 0.3) is 0 Å². The molecule has 1 saturated heterocycles. The number of rotatable bonds is 5. The molecule has 2 aliphatic rings. The van der Waals surface area contributed by atoms with Crippen LogP contribution in [0.5, 0.6) is 0 Å². The van der Waals surface area contributed by atoms with E-state index in [0.717, 1.165) is 25.6 Å². The van der Waals surface area contributed by atoms with Gasteiger partial charge in [0.1, 0.15) is 0 Å². The largest absolute Gasteiger partial charge is 0.354 e. The Labute approximate surface area is 169 Å². The summed E-state index contributed by atoms with van der Waals surface area (Å²) in [4.78, 5) is 6.91. The van der Waals surface area contributed by atoms with Gasteiger partial charge in [0, 0.05) is 44.7 Å². The Morgan fingerprint density at radius 1 is 1.20 bits per heavy atom. The maximum atomic E-state index is 4.42. The number of piperidine rings is 1. The van der Waals surface area contributed by atoms with Crippen molar-refractivity contribution in [3.8, 4) is 0 Å². The zero-order valence-corrected chi connectivity index (χ0v) is 17.7. The maximum Gasteiger partial charge on any atom is 0.191 e. The highest BCUT2D eigenvalue weighted by molar-refractivity contribution is 14.0. The summed E-state index contributed by atoms with van der Waals surface area (Å²) < 4.78 is 0. The number of benzene rings is 1. The van der Waals surface area contributed by atoms with E-state index in [1.54, 1.807) is 0 Å². The number of hydrogen-bond donors (Lipinski definition) is 2. The SMILES string of the molecule is C=C(C)CN1CCC(NC(=NC)NC2CC2c2ccccc2)CC1.I. The zero-order valence-electron chi connectivity index (χ0n) is 15.4. The number of hydrogen-bond acceptors (Lipinski definition) is 2. The van der Waals surface area contributed by atoms with E-state index in [1.807, 2.05) is 7.05 Å². The van der Waals surface area contributed by atoms with E-state index in [1.165, 1.54) is 30.4 Å². The predicted molar refractivity (Wildman–Crippen MR) is 117 cm³/mol. The fraction of sp³-hybridized carbons (Fsp3) is 0.550. The monoisotopic (exact) mass is 454 g/mol. The number of nitrogens with one attached hydrogen (secondary N) is 2. The van der Waals surface area contributed by atoms with Crippen LogP contribution in [0.3, 0.4) is 0 Å². The first-order valence-electron chi connectivity index (χ1n) is 9.07. The second-order valence-electron chi connectivity index (χ2n) is 7.23. The maximum absolute atomic E-state index is 4.42. The summed E-state index contributed by atoms with van der Waals surface area (Å²) in [5.41, 5.74) is 2.68. The highest BCUT2D eigenvalue weighted by Gasteiger charge is 2.39. The van der Waals surface area contributed by atoms with Gasteiger partial charge >= 0.3 is 0 Å². The van der Waals surface area contributed by atoms with Crippen molar-refractivity contribution >= 4 is 29.9 Å². The molecule has 0 amide bonds. The topological polar surface area (TPSA) is 39.7 Å². The molecule has 1 aromatic carbocycles. The number of likely N-dealkylation sites (tertiary alicyclic amines) is 1. The van der Waals surface area contributed by atoms with E-state index < -0.39 is 0 Å². The van der Waals surface area contributed by atoms with Gasteiger partial charge in [-0.1, -0.05) is 42.5 Å². The lowest BCUT2D eigenvalue weighted by Gasteiger charge is -2.33. The first-order chi connectivity index (χ1) is 11.7. The minimum Gasteiger partial charge on any atom is -0.354 e. The molecule has 2 atom stereocenters. The first kappa shape index (κ1) is 20.2. The molecule has 138 valence electrons. The quantitative estimate of drug-likeness (QED) is 0.310. The highest BCUT2D eigenvalue weighted by atomic mass is 127. The van der Waals surface area contributed by atoms with Crippen LogP contribution < -0.4 is 10.6 Å². The summed E-state index contributed by atoms with van der Waals surface area (Å²) in [6.07, 6.45) is 3.53. The van der Waals surface area contributed by atoms with Crippen molar-refractivity contribution in [1.29, 1.82) is 0 Å². The molecular formula is C20H31IN4. The van der Waals surface area contributed by atoms with Gasteiger partial charge in [-0.15, -0.1) is 24.0 Å². The van der Waals surface area contributed by atoms with Crippen LogP contribution in [0, 0.1) is 0 Å². The first-order valence-corrected chi connectivity index (χ1v) is 9.07. The third-order valence-electron chi connectivity index (χ3n) is 4.99. The Kier molecular flexibility index (Phi) is 7.75. The molecule has 5 heteroatoms. The molecule has 0 radical (unpaired) electrons. The van der Waals surface area contributed by atoms with Crippen LogP contribution in [0.25, 0.3) is 0 Å². The van der Waals surface area contributed by atoms with Gasteiger partial charge < -0.3 is 10.6 Å². The summed E-state index contributed by atoms with van der Waals surface area (Å²) in [6, 6.07) is 11.8. The van der Waals surface area contributed by atoms with Gasteiger partial charge in [0.2, 0.25) is 0 Å². The van der Waals surface area contributed by atoms with Gasteiger partial charge in [-0.25, -0.2) is 0 Å². The number of nitrogens with zero attached hydrogens (tertiary/aromatic N) is 2. The Bertz CT molecular complexity index is 579. The van der Waals surface area contributed by atoms with Crippen LogP contribution in [0.1, 0.15) is 37.7 Å². The molecule has 2 unspecified atom stereocenters. The van der Waals surface area contributed by atoms with Crippen molar-refractivity contribution in [1.82, 2.24) is 15.5 Å². The average Bonchev–Trinajstić information content (AvgIpc) is 3.35. The highest BCUT2D eigenvalue weighted by Crippen LogP contribution is 2.40. The van der Waals surface area contributed by atoms with E-state index in [-0.39, 0.29) is 24.0 Å². The number of guanidine groups is 1.